The van der Waals surface area contributed by atoms with Crippen molar-refractivity contribution in [2.24, 2.45) is 4.99 Å². The summed E-state index contributed by atoms with van der Waals surface area (Å²) in [5.41, 5.74) is 3.25. The van der Waals surface area contributed by atoms with Crippen molar-refractivity contribution in [1.29, 1.82) is 0 Å². The van der Waals surface area contributed by atoms with E-state index in [4.69, 9.17) is 4.99 Å². The molecule has 0 spiro atoms. The average Bonchev–Trinajstić information content (AvgIpc) is 3.09. The van der Waals surface area contributed by atoms with Crippen LogP contribution in [0.25, 0.3) is 0 Å². The van der Waals surface area contributed by atoms with Crippen molar-refractivity contribution in [2.75, 3.05) is 5.32 Å². The van der Waals surface area contributed by atoms with Crippen LogP contribution in [0.2, 0.25) is 0 Å². The molecule has 3 rings (SSSR count). The molecule has 1 amide bonds. The molecule has 1 aromatic heterocycles. The number of thiazole rings is 1. The third-order valence-electron chi connectivity index (χ3n) is 5.46. The van der Waals surface area contributed by atoms with Crippen molar-refractivity contribution < 1.29 is 4.79 Å². The fraction of sp³-hybridized carbons (Fsp3) is 0.565. The normalized spacial score (nSPS) is 15.2. The first-order chi connectivity index (χ1) is 13.7. The van der Waals surface area contributed by atoms with Crippen molar-refractivity contribution in [3.05, 3.63) is 45.7 Å². The minimum Gasteiger partial charge on any atom is -0.326 e. The molecular weight excluding hydrogens is 402 g/mol. The van der Waals surface area contributed by atoms with E-state index in [0.29, 0.717) is 12.5 Å². The minimum absolute atomic E-state index is 0. The average molecular weight is 436 g/mol. The summed E-state index contributed by atoms with van der Waals surface area (Å²) in [7, 11) is 0. The Labute approximate surface area is 184 Å². The number of anilines is 1. The molecule has 1 heterocycles. The van der Waals surface area contributed by atoms with Crippen molar-refractivity contribution in [3.8, 4) is 0 Å². The molecule has 2 aromatic rings. The molecule has 1 fully saturated rings. The Hall–Kier alpha value is -1.59. The monoisotopic (exact) mass is 435 g/mol. The number of aryl methyl sites for hydroxylation is 1. The number of aromatic nitrogens is 1. The van der Waals surface area contributed by atoms with Gasteiger partial charge in [-0.25, -0.2) is 0 Å². The van der Waals surface area contributed by atoms with Crippen LogP contribution in [0.4, 0.5) is 5.69 Å². The van der Waals surface area contributed by atoms with Gasteiger partial charge in [-0.1, -0.05) is 44.7 Å². The Bertz CT molecular complexity index is 819. The van der Waals surface area contributed by atoms with Crippen LogP contribution in [0.1, 0.15) is 70.1 Å². The van der Waals surface area contributed by atoms with Gasteiger partial charge in [-0.3, -0.25) is 9.79 Å². The van der Waals surface area contributed by atoms with E-state index < -0.39 is 0 Å². The number of nitrogens with one attached hydrogen (secondary N) is 1. The van der Waals surface area contributed by atoms with E-state index in [1.54, 1.807) is 11.3 Å². The Kier molecular flexibility index (Phi) is 9.95. The number of rotatable bonds is 8. The van der Waals surface area contributed by atoms with Gasteiger partial charge in [-0.15, -0.1) is 23.7 Å². The maximum absolute atomic E-state index is 12.6. The van der Waals surface area contributed by atoms with Crippen LogP contribution < -0.4 is 10.1 Å². The third kappa shape index (κ3) is 7.00. The van der Waals surface area contributed by atoms with Crippen molar-refractivity contribution >= 4 is 35.3 Å². The lowest BCUT2D eigenvalue weighted by molar-refractivity contribution is -0.115. The Morgan fingerprint density at radius 3 is 2.55 bits per heavy atom. The number of hydrogen-bond acceptors (Lipinski definition) is 3. The first-order valence-electron chi connectivity index (χ1n) is 10.8. The molecule has 4 nitrogen and oxygen atoms in total. The van der Waals surface area contributed by atoms with Gasteiger partial charge in [0.2, 0.25) is 5.91 Å². The number of nitrogens with zero attached hydrogens (tertiary/aromatic N) is 2. The van der Waals surface area contributed by atoms with E-state index in [0.717, 1.165) is 29.1 Å². The fourth-order valence-electron chi connectivity index (χ4n) is 3.82. The molecule has 0 bridgehead atoms. The number of carbonyl (C=O) groups excluding carboxylic acids is 1. The predicted molar refractivity (Wildman–Crippen MR) is 125 cm³/mol. The van der Waals surface area contributed by atoms with Gasteiger partial charge in [-0.05, 0) is 50.3 Å². The summed E-state index contributed by atoms with van der Waals surface area (Å²) >= 11 is 1.67. The molecule has 1 saturated carbocycles. The smallest absolute Gasteiger partial charge is 0.230 e. The predicted octanol–water partition coefficient (Wildman–Crippen LogP) is 5.75. The Balaban J connectivity index is 0.00000300. The van der Waals surface area contributed by atoms with Crippen molar-refractivity contribution in [2.45, 2.75) is 84.2 Å². The van der Waals surface area contributed by atoms with Crippen LogP contribution in [0.3, 0.4) is 0 Å². The van der Waals surface area contributed by atoms with Crippen LogP contribution in [0, 0.1) is 0 Å². The zero-order valence-electron chi connectivity index (χ0n) is 17.7. The molecule has 160 valence electrons. The second kappa shape index (κ2) is 12.2. The number of carbonyl (C=O) groups is 1. The van der Waals surface area contributed by atoms with Gasteiger partial charge in [0, 0.05) is 23.3 Å². The van der Waals surface area contributed by atoms with Gasteiger partial charge in [0.05, 0.1) is 12.5 Å². The first-order valence-corrected chi connectivity index (χ1v) is 11.7. The molecule has 0 radical (unpaired) electrons. The molecule has 0 unspecified atom stereocenters. The number of hydrogen-bond donors (Lipinski definition) is 1. The van der Waals surface area contributed by atoms with E-state index in [2.05, 4.69) is 41.2 Å². The highest BCUT2D eigenvalue weighted by atomic mass is 35.5. The summed E-state index contributed by atoms with van der Waals surface area (Å²) in [5, 5.41) is 5.13. The van der Waals surface area contributed by atoms with Crippen molar-refractivity contribution in [1.82, 2.24) is 4.57 Å². The lowest BCUT2D eigenvalue weighted by atomic mass is 9.96. The SMILES string of the molecule is CCCCc1ccc(NC(=O)Cc2csc(=NC3CCCCC3)n2CC)cc1.Cl. The molecule has 0 aliphatic heterocycles. The molecular formula is C23H34ClN3OS. The first kappa shape index (κ1) is 23.7. The van der Waals surface area contributed by atoms with Gasteiger partial charge in [0.15, 0.2) is 4.80 Å². The van der Waals surface area contributed by atoms with Crippen LogP contribution in [0.15, 0.2) is 34.6 Å². The van der Waals surface area contributed by atoms with Crippen LogP contribution >= 0.6 is 23.7 Å². The van der Waals surface area contributed by atoms with Crippen LogP contribution in [0.5, 0.6) is 0 Å². The Morgan fingerprint density at radius 2 is 1.90 bits per heavy atom. The topological polar surface area (TPSA) is 46.4 Å². The summed E-state index contributed by atoms with van der Waals surface area (Å²) in [6.07, 6.45) is 10.2. The molecule has 1 N–H and O–H groups in total. The van der Waals surface area contributed by atoms with E-state index in [9.17, 15) is 4.79 Å². The molecule has 6 heteroatoms. The molecule has 1 aliphatic carbocycles. The molecule has 1 aliphatic rings. The van der Waals surface area contributed by atoms with E-state index in [-0.39, 0.29) is 18.3 Å². The second-order valence-electron chi connectivity index (χ2n) is 7.70. The highest BCUT2D eigenvalue weighted by molar-refractivity contribution is 7.07. The maximum Gasteiger partial charge on any atom is 0.230 e. The van der Waals surface area contributed by atoms with Crippen LogP contribution in [-0.2, 0) is 24.2 Å². The molecule has 0 saturated heterocycles. The molecule has 1 aromatic carbocycles. The van der Waals surface area contributed by atoms with Gasteiger partial charge in [0.25, 0.3) is 0 Å². The number of unbranched alkanes of at least 4 members (excludes halogenated alkanes) is 1. The summed E-state index contributed by atoms with van der Waals surface area (Å²) < 4.78 is 2.20. The van der Waals surface area contributed by atoms with E-state index >= 15 is 0 Å². The molecule has 0 atom stereocenters. The summed E-state index contributed by atoms with van der Waals surface area (Å²) in [6.45, 7) is 5.18. The largest absolute Gasteiger partial charge is 0.326 e. The lowest BCUT2D eigenvalue weighted by Crippen LogP contribution is -2.23. The van der Waals surface area contributed by atoms with E-state index in [1.165, 1.54) is 50.5 Å². The van der Waals surface area contributed by atoms with Crippen molar-refractivity contribution in [3.63, 3.8) is 0 Å². The van der Waals surface area contributed by atoms with Crippen LogP contribution in [-0.4, -0.2) is 16.5 Å². The van der Waals surface area contributed by atoms with Gasteiger partial charge in [-0.2, -0.15) is 0 Å². The van der Waals surface area contributed by atoms with Gasteiger partial charge in [0.1, 0.15) is 0 Å². The van der Waals surface area contributed by atoms with E-state index in [1.807, 2.05) is 12.1 Å². The highest BCUT2D eigenvalue weighted by Crippen LogP contribution is 2.20. The quantitative estimate of drug-likeness (QED) is 0.563. The zero-order valence-corrected chi connectivity index (χ0v) is 19.3. The standard InChI is InChI=1S/C23H33N3OS.ClH/c1-3-5-9-18-12-14-20(15-13-18)24-22(27)16-21-17-28-23(26(21)4-2)25-19-10-7-6-8-11-19;/h12-15,17,19H,3-11,16H2,1-2H3,(H,24,27);1H. The molecule has 29 heavy (non-hydrogen) atoms. The summed E-state index contributed by atoms with van der Waals surface area (Å²) in [5.74, 6) is 0.0329. The highest BCUT2D eigenvalue weighted by Gasteiger charge is 2.14. The summed E-state index contributed by atoms with van der Waals surface area (Å²) in [6, 6.07) is 8.70. The zero-order chi connectivity index (χ0) is 19.8. The number of benzene rings is 1. The number of halogens is 1. The second-order valence-corrected chi connectivity index (χ2v) is 8.54. The Morgan fingerprint density at radius 1 is 1.17 bits per heavy atom. The van der Waals surface area contributed by atoms with Gasteiger partial charge < -0.3 is 9.88 Å². The van der Waals surface area contributed by atoms with Gasteiger partial charge >= 0.3 is 0 Å². The fourth-order valence-corrected chi connectivity index (χ4v) is 4.85. The minimum atomic E-state index is 0. The lowest BCUT2D eigenvalue weighted by Gasteiger charge is -2.17. The third-order valence-corrected chi connectivity index (χ3v) is 6.39. The number of amides is 1. The maximum atomic E-state index is 12.6. The summed E-state index contributed by atoms with van der Waals surface area (Å²) in [4.78, 5) is 18.6.